The SMILES string of the molecule is COCCN(c1ccc(F)c(Cl)c1)[C@H]1CCNC1. The zero-order valence-electron chi connectivity index (χ0n) is 10.5. The third-order valence-electron chi connectivity index (χ3n) is 3.25. The number of anilines is 1. The Kier molecular flexibility index (Phi) is 4.80. The molecule has 1 heterocycles. The zero-order valence-corrected chi connectivity index (χ0v) is 11.2. The van der Waals surface area contributed by atoms with Crippen LogP contribution < -0.4 is 10.2 Å². The van der Waals surface area contributed by atoms with E-state index in [-0.39, 0.29) is 10.8 Å². The summed E-state index contributed by atoms with van der Waals surface area (Å²) in [7, 11) is 1.68. The van der Waals surface area contributed by atoms with E-state index in [4.69, 9.17) is 16.3 Å². The molecule has 0 unspecified atom stereocenters. The first kappa shape index (κ1) is 13.6. The third-order valence-corrected chi connectivity index (χ3v) is 3.54. The van der Waals surface area contributed by atoms with Gasteiger partial charge in [0.05, 0.1) is 11.6 Å². The van der Waals surface area contributed by atoms with Gasteiger partial charge < -0.3 is 15.0 Å². The molecule has 0 spiro atoms. The van der Waals surface area contributed by atoms with Crippen molar-refractivity contribution in [3.63, 3.8) is 0 Å². The second-order valence-electron chi connectivity index (χ2n) is 4.43. The Morgan fingerprint density at radius 1 is 1.56 bits per heavy atom. The Balaban J connectivity index is 2.17. The minimum Gasteiger partial charge on any atom is -0.383 e. The van der Waals surface area contributed by atoms with Crippen molar-refractivity contribution in [2.24, 2.45) is 0 Å². The fraction of sp³-hybridized carbons (Fsp3) is 0.538. The maximum absolute atomic E-state index is 13.2. The Labute approximate surface area is 112 Å². The summed E-state index contributed by atoms with van der Waals surface area (Å²) in [6.45, 7) is 3.39. The molecule has 1 N–H and O–H groups in total. The summed E-state index contributed by atoms with van der Waals surface area (Å²) < 4.78 is 18.3. The van der Waals surface area contributed by atoms with Crippen LogP contribution in [-0.2, 0) is 4.74 Å². The smallest absolute Gasteiger partial charge is 0.141 e. The van der Waals surface area contributed by atoms with E-state index in [0.717, 1.165) is 31.7 Å². The van der Waals surface area contributed by atoms with Crippen molar-refractivity contribution in [1.82, 2.24) is 5.32 Å². The second-order valence-corrected chi connectivity index (χ2v) is 4.84. The van der Waals surface area contributed by atoms with Crippen LogP contribution in [0.4, 0.5) is 10.1 Å². The van der Waals surface area contributed by atoms with E-state index in [2.05, 4.69) is 10.2 Å². The number of nitrogens with one attached hydrogen (secondary N) is 1. The van der Waals surface area contributed by atoms with Gasteiger partial charge in [-0.05, 0) is 31.2 Å². The van der Waals surface area contributed by atoms with Crippen molar-refractivity contribution in [2.45, 2.75) is 12.5 Å². The van der Waals surface area contributed by atoms with Crippen LogP contribution in [-0.4, -0.2) is 39.4 Å². The van der Waals surface area contributed by atoms with Gasteiger partial charge in [-0.1, -0.05) is 11.6 Å². The van der Waals surface area contributed by atoms with Crippen LogP contribution in [0.25, 0.3) is 0 Å². The van der Waals surface area contributed by atoms with Gasteiger partial charge in [0, 0.05) is 31.9 Å². The van der Waals surface area contributed by atoms with Gasteiger partial charge in [-0.25, -0.2) is 4.39 Å². The van der Waals surface area contributed by atoms with Crippen molar-refractivity contribution in [1.29, 1.82) is 0 Å². The Hall–Kier alpha value is -0.840. The minimum absolute atomic E-state index is 0.167. The van der Waals surface area contributed by atoms with E-state index in [9.17, 15) is 4.39 Å². The van der Waals surface area contributed by atoms with E-state index in [1.54, 1.807) is 19.2 Å². The van der Waals surface area contributed by atoms with E-state index in [0.29, 0.717) is 12.6 Å². The number of halogens is 2. The van der Waals surface area contributed by atoms with Gasteiger partial charge in [-0.2, -0.15) is 0 Å². The van der Waals surface area contributed by atoms with Crippen LogP contribution in [0.1, 0.15) is 6.42 Å². The second kappa shape index (κ2) is 6.36. The lowest BCUT2D eigenvalue weighted by Crippen LogP contribution is -2.39. The highest BCUT2D eigenvalue weighted by Crippen LogP contribution is 2.25. The van der Waals surface area contributed by atoms with Crippen LogP contribution in [0.2, 0.25) is 5.02 Å². The lowest BCUT2D eigenvalue weighted by Gasteiger charge is -2.30. The Bertz CT molecular complexity index is 397. The Morgan fingerprint density at radius 2 is 2.39 bits per heavy atom. The number of hydrogen-bond donors (Lipinski definition) is 1. The number of methoxy groups -OCH3 is 1. The molecule has 1 aromatic rings. The normalized spacial score (nSPS) is 19.2. The molecule has 0 aliphatic carbocycles. The molecule has 0 bridgehead atoms. The summed E-state index contributed by atoms with van der Waals surface area (Å²) in [6, 6.07) is 5.29. The van der Waals surface area contributed by atoms with Crippen molar-refractivity contribution >= 4 is 17.3 Å². The first-order chi connectivity index (χ1) is 8.72. The summed E-state index contributed by atoms with van der Waals surface area (Å²) in [5, 5.41) is 3.50. The molecule has 5 heteroatoms. The highest BCUT2D eigenvalue weighted by Gasteiger charge is 2.22. The third kappa shape index (κ3) is 3.13. The molecule has 1 atom stereocenters. The molecule has 1 aliphatic rings. The molecule has 1 aromatic carbocycles. The van der Waals surface area contributed by atoms with Crippen LogP contribution in [0.15, 0.2) is 18.2 Å². The standard InChI is InChI=1S/C13H18ClFN2O/c1-18-7-6-17(11-4-5-16-9-11)10-2-3-13(15)12(14)8-10/h2-3,8,11,16H,4-7,9H2,1H3/t11-/m0/s1. The molecular formula is C13H18ClFN2O. The molecule has 1 aliphatic heterocycles. The molecule has 0 saturated carbocycles. The maximum atomic E-state index is 13.2. The highest BCUT2D eigenvalue weighted by atomic mass is 35.5. The highest BCUT2D eigenvalue weighted by molar-refractivity contribution is 6.31. The molecular weight excluding hydrogens is 255 g/mol. The molecule has 18 heavy (non-hydrogen) atoms. The van der Waals surface area contributed by atoms with E-state index in [1.807, 2.05) is 0 Å². The number of nitrogens with zero attached hydrogens (tertiary/aromatic N) is 1. The van der Waals surface area contributed by atoms with Crippen LogP contribution >= 0.6 is 11.6 Å². The fourth-order valence-electron chi connectivity index (χ4n) is 2.28. The summed E-state index contributed by atoms with van der Waals surface area (Å²) in [5.74, 6) is -0.378. The number of hydrogen-bond acceptors (Lipinski definition) is 3. The van der Waals surface area contributed by atoms with Crippen molar-refractivity contribution < 1.29 is 9.13 Å². The van der Waals surface area contributed by atoms with Gasteiger partial charge >= 0.3 is 0 Å². The molecule has 1 fully saturated rings. The van der Waals surface area contributed by atoms with E-state index in [1.165, 1.54) is 6.07 Å². The quantitative estimate of drug-likeness (QED) is 0.890. The van der Waals surface area contributed by atoms with E-state index >= 15 is 0 Å². The van der Waals surface area contributed by atoms with E-state index < -0.39 is 0 Å². The number of rotatable bonds is 5. The molecule has 100 valence electrons. The lowest BCUT2D eigenvalue weighted by atomic mass is 10.2. The predicted molar refractivity (Wildman–Crippen MR) is 71.9 cm³/mol. The van der Waals surface area contributed by atoms with Gasteiger partial charge in [0.2, 0.25) is 0 Å². The van der Waals surface area contributed by atoms with Gasteiger partial charge in [-0.15, -0.1) is 0 Å². The van der Waals surface area contributed by atoms with Crippen molar-refractivity contribution in [3.8, 4) is 0 Å². The van der Waals surface area contributed by atoms with Crippen molar-refractivity contribution in [2.75, 3.05) is 38.3 Å². The van der Waals surface area contributed by atoms with Gasteiger partial charge in [0.1, 0.15) is 5.82 Å². The largest absolute Gasteiger partial charge is 0.383 e. The van der Waals surface area contributed by atoms with Crippen LogP contribution in [0, 0.1) is 5.82 Å². The maximum Gasteiger partial charge on any atom is 0.141 e. The zero-order chi connectivity index (χ0) is 13.0. The topological polar surface area (TPSA) is 24.5 Å². The van der Waals surface area contributed by atoms with Crippen LogP contribution in [0.3, 0.4) is 0 Å². The number of benzene rings is 1. The fourth-order valence-corrected chi connectivity index (χ4v) is 2.46. The summed E-state index contributed by atoms with van der Waals surface area (Å²) >= 11 is 5.85. The van der Waals surface area contributed by atoms with Crippen LogP contribution in [0.5, 0.6) is 0 Å². The summed E-state index contributed by atoms with van der Waals surface area (Å²) in [5.41, 5.74) is 0.951. The number of ether oxygens (including phenoxy) is 1. The molecule has 0 radical (unpaired) electrons. The lowest BCUT2D eigenvalue weighted by molar-refractivity contribution is 0.203. The molecule has 0 amide bonds. The van der Waals surface area contributed by atoms with Gasteiger partial charge in [0.25, 0.3) is 0 Å². The molecule has 1 saturated heterocycles. The first-order valence-corrected chi connectivity index (χ1v) is 6.51. The summed E-state index contributed by atoms with van der Waals surface area (Å²) in [6.07, 6.45) is 1.08. The summed E-state index contributed by atoms with van der Waals surface area (Å²) in [4.78, 5) is 2.23. The average Bonchev–Trinajstić information content (AvgIpc) is 2.88. The first-order valence-electron chi connectivity index (χ1n) is 6.13. The Morgan fingerprint density at radius 3 is 3.00 bits per heavy atom. The van der Waals surface area contributed by atoms with Crippen molar-refractivity contribution in [3.05, 3.63) is 29.0 Å². The average molecular weight is 273 g/mol. The van der Waals surface area contributed by atoms with Gasteiger partial charge in [-0.3, -0.25) is 0 Å². The monoisotopic (exact) mass is 272 g/mol. The predicted octanol–water partition coefficient (Wildman–Crippen LogP) is 2.29. The molecule has 2 rings (SSSR count). The minimum atomic E-state index is -0.378. The molecule has 3 nitrogen and oxygen atoms in total. The van der Waals surface area contributed by atoms with Gasteiger partial charge in [0.15, 0.2) is 0 Å². The molecule has 0 aromatic heterocycles.